The summed E-state index contributed by atoms with van der Waals surface area (Å²) in [5, 5.41) is 2.52. The van der Waals surface area contributed by atoms with Crippen LogP contribution in [0.5, 0.6) is 0 Å². The molecule has 0 spiro atoms. The van der Waals surface area contributed by atoms with Crippen molar-refractivity contribution >= 4 is 46.1 Å². The minimum Gasteiger partial charge on any atom is -0.239 e. The van der Waals surface area contributed by atoms with Gasteiger partial charge >= 0.3 is 0 Å². The molecule has 5 heteroatoms. The van der Waals surface area contributed by atoms with Gasteiger partial charge in [-0.05, 0) is 0 Å². The van der Waals surface area contributed by atoms with Gasteiger partial charge in [0.25, 0.3) is 0 Å². The molecule has 1 nitrogen and oxygen atoms in total. The van der Waals surface area contributed by atoms with Crippen LogP contribution in [0.3, 0.4) is 0 Å². The summed E-state index contributed by atoms with van der Waals surface area (Å²) in [5.41, 5.74) is 0. The van der Waals surface area contributed by atoms with Crippen molar-refractivity contribution in [1.82, 2.24) is 4.98 Å². The molecule has 0 atom stereocenters. The average molecular weight is 216 g/mol. The molecule has 1 heterocycles. The predicted molar refractivity (Wildman–Crippen MR) is 44.9 cm³/mol. The lowest BCUT2D eigenvalue weighted by Crippen LogP contribution is -2.05. The zero-order valence-corrected chi connectivity index (χ0v) is 7.86. The second-order valence-corrected chi connectivity index (χ2v) is 5.12. The summed E-state index contributed by atoms with van der Waals surface area (Å²) in [6.07, 6.45) is 3.00. The molecule has 0 aromatic carbocycles. The molecule has 0 amide bonds. The molecule has 10 heavy (non-hydrogen) atoms. The summed E-state index contributed by atoms with van der Waals surface area (Å²) in [7, 11) is 0. The zero-order chi connectivity index (χ0) is 7.61. The topological polar surface area (TPSA) is 12.9 Å². The Kier molecular flexibility index (Phi) is 2.81. The molecule has 0 aliphatic heterocycles. The monoisotopic (exact) mass is 214 g/mol. The van der Waals surface area contributed by atoms with Crippen molar-refractivity contribution in [2.75, 3.05) is 0 Å². The van der Waals surface area contributed by atoms with Crippen LogP contribution >= 0.6 is 46.1 Å². The third-order valence-electron chi connectivity index (χ3n) is 0.789. The van der Waals surface area contributed by atoms with Gasteiger partial charge in [-0.3, -0.25) is 0 Å². The summed E-state index contributed by atoms with van der Waals surface area (Å²) in [6, 6.07) is 0. The standard InChI is InChI=1S/C5H3Cl3NS/c6-5(7,8)3-4-9-1-2-10-4/h2H,3H2. The molecule has 0 aliphatic carbocycles. The van der Waals surface area contributed by atoms with Crippen molar-refractivity contribution in [3.8, 4) is 0 Å². The van der Waals surface area contributed by atoms with Gasteiger partial charge in [-0.15, -0.1) is 11.3 Å². The second-order valence-electron chi connectivity index (χ2n) is 1.66. The quantitative estimate of drug-likeness (QED) is 0.657. The van der Waals surface area contributed by atoms with Crippen molar-refractivity contribution in [3.05, 3.63) is 16.6 Å². The molecule has 1 rings (SSSR count). The summed E-state index contributed by atoms with van der Waals surface area (Å²) < 4.78 is -1.23. The molecule has 0 saturated heterocycles. The maximum atomic E-state index is 5.51. The predicted octanol–water partition coefficient (Wildman–Crippen LogP) is 2.86. The first-order valence-electron chi connectivity index (χ1n) is 2.45. The smallest absolute Gasteiger partial charge is 0.196 e. The van der Waals surface area contributed by atoms with Crippen molar-refractivity contribution in [3.63, 3.8) is 0 Å². The van der Waals surface area contributed by atoms with Gasteiger partial charge in [0.05, 0.1) is 5.01 Å². The Labute approximate surface area is 77.9 Å². The highest BCUT2D eigenvalue weighted by atomic mass is 35.6. The van der Waals surface area contributed by atoms with Crippen LogP contribution in [-0.2, 0) is 6.42 Å². The van der Waals surface area contributed by atoms with Gasteiger partial charge in [0.1, 0.15) is 6.20 Å². The summed E-state index contributed by atoms with van der Waals surface area (Å²) in [6.45, 7) is 0. The van der Waals surface area contributed by atoms with Gasteiger partial charge in [0.2, 0.25) is 0 Å². The minimum absolute atomic E-state index is 0.353. The Bertz CT molecular complexity index is 191. The molecule has 1 radical (unpaired) electrons. The third kappa shape index (κ3) is 3.06. The molecule has 1 aromatic rings. The third-order valence-corrected chi connectivity index (χ3v) is 1.92. The van der Waals surface area contributed by atoms with Crippen LogP contribution < -0.4 is 0 Å². The first-order valence-corrected chi connectivity index (χ1v) is 4.46. The molecule has 0 saturated carbocycles. The SMILES string of the molecule is ClC(Cl)(Cl)Cc1n[c]cs1. The van der Waals surface area contributed by atoms with Crippen molar-refractivity contribution in [1.29, 1.82) is 0 Å². The van der Waals surface area contributed by atoms with E-state index >= 15 is 0 Å². The van der Waals surface area contributed by atoms with E-state index < -0.39 is 3.79 Å². The number of alkyl halides is 3. The highest BCUT2D eigenvalue weighted by molar-refractivity contribution is 7.09. The van der Waals surface area contributed by atoms with Gasteiger partial charge in [0.15, 0.2) is 3.79 Å². The highest BCUT2D eigenvalue weighted by Gasteiger charge is 2.21. The first-order chi connectivity index (χ1) is 4.58. The molecule has 1 aromatic heterocycles. The minimum atomic E-state index is -1.23. The number of nitrogens with zero attached hydrogens (tertiary/aromatic N) is 1. The zero-order valence-electron chi connectivity index (χ0n) is 4.77. The Morgan fingerprint density at radius 3 is 2.70 bits per heavy atom. The van der Waals surface area contributed by atoms with E-state index in [2.05, 4.69) is 11.2 Å². The number of aromatic nitrogens is 1. The van der Waals surface area contributed by atoms with Crippen LogP contribution in [0.25, 0.3) is 0 Å². The first kappa shape index (κ1) is 8.60. The normalized spacial score (nSPS) is 11.9. The van der Waals surface area contributed by atoms with E-state index in [0.717, 1.165) is 5.01 Å². The number of thiazole rings is 1. The number of rotatable bonds is 1. The lowest BCUT2D eigenvalue weighted by Gasteiger charge is -2.06. The number of hydrogen-bond acceptors (Lipinski definition) is 2. The van der Waals surface area contributed by atoms with Crippen LogP contribution in [-0.4, -0.2) is 8.78 Å². The fourth-order valence-corrected chi connectivity index (χ4v) is 1.74. The summed E-state index contributed by atoms with van der Waals surface area (Å²) in [5.74, 6) is 0. The maximum absolute atomic E-state index is 5.51. The molecule has 0 N–H and O–H groups in total. The molecule has 0 fully saturated rings. The van der Waals surface area contributed by atoms with Crippen molar-refractivity contribution in [2.45, 2.75) is 10.2 Å². The van der Waals surface area contributed by atoms with E-state index in [9.17, 15) is 0 Å². The van der Waals surface area contributed by atoms with Crippen LogP contribution in [0, 0.1) is 6.20 Å². The molecule has 0 unspecified atom stereocenters. The molecule has 0 aliphatic rings. The van der Waals surface area contributed by atoms with Crippen LogP contribution in [0.4, 0.5) is 0 Å². The molecular formula is C5H3Cl3NS. The van der Waals surface area contributed by atoms with Gasteiger partial charge < -0.3 is 0 Å². The number of halogens is 3. The fraction of sp³-hybridized carbons (Fsp3) is 0.400. The van der Waals surface area contributed by atoms with Gasteiger partial charge in [0, 0.05) is 11.8 Å². The Balaban J connectivity index is 2.57. The fourth-order valence-electron chi connectivity index (χ4n) is 0.472. The van der Waals surface area contributed by atoms with Crippen molar-refractivity contribution in [2.24, 2.45) is 0 Å². The second kappa shape index (κ2) is 3.26. The van der Waals surface area contributed by atoms with Gasteiger partial charge in [-0.1, -0.05) is 34.8 Å². The van der Waals surface area contributed by atoms with E-state index in [1.807, 2.05) is 0 Å². The Hall–Kier alpha value is 0.500. The Morgan fingerprint density at radius 2 is 2.30 bits per heavy atom. The Morgan fingerprint density at radius 1 is 1.60 bits per heavy atom. The van der Waals surface area contributed by atoms with Crippen LogP contribution in [0.2, 0.25) is 0 Å². The van der Waals surface area contributed by atoms with Gasteiger partial charge in [-0.25, -0.2) is 4.98 Å². The van der Waals surface area contributed by atoms with E-state index in [0.29, 0.717) is 6.42 Å². The number of hydrogen-bond donors (Lipinski definition) is 0. The lowest BCUT2D eigenvalue weighted by molar-refractivity contribution is 0.994. The van der Waals surface area contributed by atoms with Crippen LogP contribution in [0.1, 0.15) is 5.01 Å². The van der Waals surface area contributed by atoms with Crippen molar-refractivity contribution < 1.29 is 0 Å². The average Bonchev–Trinajstić information content (AvgIpc) is 2.12. The van der Waals surface area contributed by atoms with Crippen LogP contribution in [0.15, 0.2) is 5.38 Å². The summed E-state index contributed by atoms with van der Waals surface area (Å²) in [4.78, 5) is 3.84. The lowest BCUT2D eigenvalue weighted by atomic mass is 10.5. The van der Waals surface area contributed by atoms with Gasteiger partial charge in [-0.2, -0.15) is 0 Å². The molecule has 0 bridgehead atoms. The maximum Gasteiger partial charge on any atom is 0.196 e. The van der Waals surface area contributed by atoms with E-state index in [1.165, 1.54) is 11.3 Å². The molecular weight excluding hydrogens is 212 g/mol. The van der Waals surface area contributed by atoms with E-state index in [4.69, 9.17) is 34.8 Å². The van der Waals surface area contributed by atoms with E-state index in [1.54, 1.807) is 5.38 Å². The molecule has 55 valence electrons. The highest BCUT2D eigenvalue weighted by Crippen LogP contribution is 2.30. The summed E-state index contributed by atoms with van der Waals surface area (Å²) >= 11 is 18.0. The largest absolute Gasteiger partial charge is 0.239 e. The van der Waals surface area contributed by atoms with E-state index in [-0.39, 0.29) is 0 Å².